The minimum Gasteiger partial charge on any atom is -0.492 e. The number of piperazine rings is 1. The number of benzene rings is 1. The molecule has 1 aromatic heterocycles. The fourth-order valence-corrected chi connectivity index (χ4v) is 3.96. The van der Waals surface area contributed by atoms with Gasteiger partial charge in [-0.1, -0.05) is 12.1 Å². The van der Waals surface area contributed by atoms with Gasteiger partial charge in [0.1, 0.15) is 16.8 Å². The van der Waals surface area contributed by atoms with Crippen LogP contribution in [0.1, 0.15) is 19.4 Å². The number of carbonyl (C=O) groups excluding carboxylic acids is 1. The summed E-state index contributed by atoms with van der Waals surface area (Å²) in [6.45, 7) is 7.81. The van der Waals surface area contributed by atoms with E-state index in [1.165, 1.54) is 11.3 Å². The standard InChI is InChI=1S/C20H24N4O2S/c1-3-26-18-7-5-4-6-17(18)24-11-9-23(10-12-24)15(2)19(25)22-20-16(14-21)8-13-27-20/h4-8,13,15H,3,9-12H2,1-2H3,(H,22,25)/t15-/m1/s1. The molecule has 0 aliphatic carbocycles. The molecule has 0 saturated carbocycles. The quantitative estimate of drug-likeness (QED) is 0.828. The minimum atomic E-state index is -0.247. The van der Waals surface area contributed by atoms with Crippen molar-refractivity contribution in [3.8, 4) is 11.8 Å². The van der Waals surface area contributed by atoms with Crippen LogP contribution in [0.25, 0.3) is 0 Å². The molecule has 1 aliphatic rings. The molecule has 6 nitrogen and oxygen atoms in total. The molecule has 1 saturated heterocycles. The number of carbonyl (C=O) groups is 1. The van der Waals surface area contributed by atoms with Crippen LogP contribution in [0.2, 0.25) is 0 Å². The summed E-state index contributed by atoms with van der Waals surface area (Å²) in [5.41, 5.74) is 1.62. The second kappa shape index (κ2) is 8.89. The highest BCUT2D eigenvalue weighted by Gasteiger charge is 2.27. The van der Waals surface area contributed by atoms with Gasteiger partial charge < -0.3 is 15.0 Å². The van der Waals surface area contributed by atoms with Gasteiger partial charge in [-0.15, -0.1) is 11.3 Å². The molecule has 0 unspecified atom stereocenters. The summed E-state index contributed by atoms with van der Waals surface area (Å²) in [4.78, 5) is 17.1. The van der Waals surface area contributed by atoms with Crippen molar-refractivity contribution in [1.29, 1.82) is 5.26 Å². The molecule has 0 spiro atoms. The molecule has 1 aromatic carbocycles. The molecule has 7 heteroatoms. The number of para-hydroxylation sites is 2. The van der Waals surface area contributed by atoms with E-state index in [4.69, 9.17) is 10.00 Å². The molecular weight excluding hydrogens is 360 g/mol. The zero-order valence-electron chi connectivity index (χ0n) is 15.6. The Balaban J connectivity index is 1.59. The number of amides is 1. The fourth-order valence-electron chi connectivity index (χ4n) is 3.22. The Hall–Kier alpha value is -2.56. The van der Waals surface area contributed by atoms with Gasteiger partial charge in [0.2, 0.25) is 5.91 Å². The van der Waals surface area contributed by atoms with Crippen molar-refractivity contribution in [3.05, 3.63) is 41.3 Å². The zero-order valence-corrected chi connectivity index (χ0v) is 16.5. The van der Waals surface area contributed by atoms with Crippen LogP contribution in [0.15, 0.2) is 35.7 Å². The highest BCUT2D eigenvalue weighted by atomic mass is 32.1. The van der Waals surface area contributed by atoms with Gasteiger partial charge in [0, 0.05) is 26.2 Å². The normalized spacial score (nSPS) is 15.8. The van der Waals surface area contributed by atoms with E-state index in [-0.39, 0.29) is 11.9 Å². The SMILES string of the molecule is CCOc1ccccc1N1CCN([C@H](C)C(=O)Nc2sccc2C#N)CC1. The molecule has 1 fully saturated rings. The average Bonchev–Trinajstić information content (AvgIpc) is 3.15. The molecule has 2 heterocycles. The molecule has 2 aromatic rings. The van der Waals surface area contributed by atoms with Gasteiger partial charge in [0.05, 0.1) is 23.9 Å². The third-order valence-corrected chi connectivity index (χ3v) is 5.60. The lowest BCUT2D eigenvalue weighted by atomic mass is 10.2. The van der Waals surface area contributed by atoms with Gasteiger partial charge in [0.25, 0.3) is 0 Å². The van der Waals surface area contributed by atoms with E-state index < -0.39 is 0 Å². The van der Waals surface area contributed by atoms with E-state index in [2.05, 4.69) is 27.3 Å². The Morgan fingerprint density at radius 3 is 2.74 bits per heavy atom. The summed E-state index contributed by atoms with van der Waals surface area (Å²) >= 11 is 1.38. The number of nitrogens with one attached hydrogen (secondary N) is 1. The Morgan fingerprint density at radius 1 is 1.30 bits per heavy atom. The van der Waals surface area contributed by atoms with Crippen molar-refractivity contribution in [2.24, 2.45) is 0 Å². The molecular formula is C20H24N4O2S. The molecule has 1 amide bonds. The summed E-state index contributed by atoms with van der Waals surface area (Å²) in [6, 6.07) is 11.7. The number of thiophene rings is 1. The van der Waals surface area contributed by atoms with Crippen LogP contribution in [0.3, 0.4) is 0 Å². The van der Waals surface area contributed by atoms with Crippen LogP contribution in [0.4, 0.5) is 10.7 Å². The first-order valence-electron chi connectivity index (χ1n) is 9.13. The van der Waals surface area contributed by atoms with Crippen LogP contribution in [0.5, 0.6) is 5.75 Å². The summed E-state index contributed by atoms with van der Waals surface area (Å²) < 4.78 is 5.74. The Kier molecular flexibility index (Phi) is 6.32. The summed E-state index contributed by atoms with van der Waals surface area (Å²) in [6.07, 6.45) is 0. The Bertz CT molecular complexity index is 821. The third kappa shape index (κ3) is 4.41. The van der Waals surface area contributed by atoms with Crippen LogP contribution < -0.4 is 15.0 Å². The van der Waals surface area contributed by atoms with Crippen molar-refractivity contribution in [1.82, 2.24) is 4.90 Å². The molecule has 1 aliphatic heterocycles. The molecule has 3 rings (SSSR count). The highest BCUT2D eigenvalue weighted by molar-refractivity contribution is 7.14. The van der Waals surface area contributed by atoms with E-state index in [1.54, 1.807) is 6.07 Å². The number of hydrogen-bond donors (Lipinski definition) is 1. The van der Waals surface area contributed by atoms with Gasteiger partial charge in [-0.3, -0.25) is 9.69 Å². The van der Waals surface area contributed by atoms with Crippen molar-refractivity contribution >= 4 is 27.9 Å². The molecule has 142 valence electrons. The predicted octanol–water partition coefficient (Wildman–Crippen LogP) is 3.17. The lowest BCUT2D eigenvalue weighted by molar-refractivity contribution is -0.120. The minimum absolute atomic E-state index is 0.0721. The van der Waals surface area contributed by atoms with E-state index in [1.807, 2.05) is 37.4 Å². The summed E-state index contributed by atoms with van der Waals surface area (Å²) in [5, 5.41) is 14.4. The average molecular weight is 385 g/mol. The lowest BCUT2D eigenvalue weighted by Crippen LogP contribution is -2.52. The van der Waals surface area contributed by atoms with Gasteiger partial charge in [0.15, 0.2) is 0 Å². The van der Waals surface area contributed by atoms with Crippen LogP contribution in [0, 0.1) is 11.3 Å². The number of rotatable bonds is 6. The van der Waals surface area contributed by atoms with Gasteiger partial charge >= 0.3 is 0 Å². The van der Waals surface area contributed by atoms with E-state index in [0.29, 0.717) is 17.2 Å². The van der Waals surface area contributed by atoms with Crippen LogP contribution in [-0.2, 0) is 4.79 Å². The fraction of sp³-hybridized carbons (Fsp3) is 0.400. The summed E-state index contributed by atoms with van der Waals surface area (Å²) in [5.74, 6) is 0.832. The van der Waals surface area contributed by atoms with Gasteiger partial charge in [-0.05, 0) is 37.4 Å². The molecule has 27 heavy (non-hydrogen) atoms. The first-order valence-corrected chi connectivity index (χ1v) is 10.0. The van der Waals surface area contributed by atoms with Crippen molar-refractivity contribution in [2.45, 2.75) is 19.9 Å². The molecule has 1 N–H and O–H groups in total. The topological polar surface area (TPSA) is 68.6 Å². The molecule has 0 bridgehead atoms. The monoisotopic (exact) mass is 384 g/mol. The Morgan fingerprint density at radius 2 is 2.04 bits per heavy atom. The zero-order chi connectivity index (χ0) is 19.2. The van der Waals surface area contributed by atoms with Crippen molar-refractivity contribution in [3.63, 3.8) is 0 Å². The predicted molar refractivity (Wildman–Crippen MR) is 109 cm³/mol. The van der Waals surface area contributed by atoms with Gasteiger partial charge in [-0.25, -0.2) is 0 Å². The third-order valence-electron chi connectivity index (χ3n) is 4.77. The van der Waals surface area contributed by atoms with E-state index in [9.17, 15) is 4.79 Å². The maximum absolute atomic E-state index is 12.6. The number of hydrogen-bond acceptors (Lipinski definition) is 6. The maximum Gasteiger partial charge on any atom is 0.242 e. The number of anilines is 2. The van der Waals surface area contributed by atoms with Crippen molar-refractivity contribution in [2.75, 3.05) is 43.0 Å². The molecule has 1 atom stereocenters. The largest absolute Gasteiger partial charge is 0.492 e. The van der Waals surface area contributed by atoms with Crippen LogP contribution >= 0.6 is 11.3 Å². The Labute approximate surface area is 164 Å². The van der Waals surface area contributed by atoms with Crippen LogP contribution in [-0.4, -0.2) is 49.6 Å². The van der Waals surface area contributed by atoms with E-state index in [0.717, 1.165) is 37.6 Å². The number of nitrogens with zero attached hydrogens (tertiary/aromatic N) is 3. The maximum atomic E-state index is 12.6. The van der Waals surface area contributed by atoms with Gasteiger partial charge in [-0.2, -0.15) is 5.26 Å². The first kappa shape index (κ1) is 19.2. The van der Waals surface area contributed by atoms with E-state index >= 15 is 0 Å². The smallest absolute Gasteiger partial charge is 0.242 e. The second-order valence-electron chi connectivity index (χ2n) is 6.36. The molecule has 0 radical (unpaired) electrons. The summed E-state index contributed by atoms with van der Waals surface area (Å²) in [7, 11) is 0. The number of nitriles is 1. The first-order chi connectivity index (χ1) is 13.1. The lowest BCUT2D eigenvalue weighted by Gasteiger charge is -2.38. The highest BCUT2D eigenvalue weighted by Crippen LogP contribution is 2.29. The second-order valence-corrected chi connectivity index (χ2v) is 7.28. The number of ether oxygens (including phenoxy) is 1. The van der Waals surface area contributed by atoms with Crippen molar-refractivity contribution < 1.29 is 9.53 Å².